The summed E-state index contributed by atoms with van der Waals surface area (Å²) in [5.74, 6) is 0. The number of anilines is 2. The number of thioether (sulfide) groups is 1. The quantitative estimate of drug-likeness (QED) is 0.487. The van der Waals surface area contributed by atoms with Crippen molar-refractivity contribution in [3.63, 3.8) is 0 Å². The largest absolute Gasteiger partial charge is 0.393 e. The Morgan fingerprint density at radius 1 is 1.56 bits per heavy atom. The van der Waals surface area contributed by atoms with E-state index in [-0.39, 0.29) is 16.1 Å². The van der Waals surface area contributed by atoms with E-state index in [1.54, 1.807) is 18.2 Å². The van der Waals surface area contributed by atoms with Gasteiger partial charge in [-0.25, -0.2) is 0 Å². The highest BCUT2D eigenvalue weighted by atomic mass is 32.2. The molecule has 1 saturated carbocycles. The molecule has 1 aliphatic carbocycles. The van der Waals surface area contributed by atoms with Crippen LogP contribution in [0.5, 0.6) is 0 Å². The summed E-state index contributed by atoms with van der Waals surface area (Å²) >= 11 is 1.83. The minimum Gasteiger partial charge on any atom is -0.393 e. The van der Waals surface area contributed by atoms with Gasteiger partial charge in [-0.2, -0.15) is 11.8 Å². The molecule has 0 spiro atoms. The summed E-state index contributed by atoms with van der Waals surface area (Å²) in [5.41, 5.74) is 6.35. The molecule has 1 fully saturated rings. The van der Waals surface area contributed by atoms with Crippen LogP contribution in [0.3, 0.4) is 0 Å². The number of rotatable bonds is 5. The van der Waals surface area contributed by atoms with Gasteiger partial charge in [0.2, 0.25) is 0 Å². The van der Waals surface area contributed by atoms with Crippen molar-refractivity contribution in [3.05, 3.63) is 28.3 Å². The van der Waals surface area contributed by atoms with Crippen molar-refractivity contribution in [2.24, 2.45) is 0 Å². The average molecular weight is 267 g/mol. The molecule has 2 rings (SSSR count). The van der Waals surface area contributed by atoms with Gasteiger partial charge >= 0.3 is 5.69 Å². The Balaban J connectivity index is 2.14. The fourth-order valence-electron chi connectivity index (χ4n) is 2.19. The summed E-state index contributed by atoms with van der Waals surface area (Å²) in [4.78, 5) is 10.6. The van der Waals surface area contributed by atoms with Gasteiger partial charge in [-0.15, -0.1) is 0 Å². The van der Waals surface area contributed by atoms with Gasteiger partial charge in [0.15, 0.2) is 0 Å². The van der Waals surface area contributed by atoms with Gasteiger partial charge in [0.05, 0.1) is 4.92 Å². The van der Waals surface area contributed by atoms with Crippen LogP contribution < -0.4 is 11.1 Å². The third-order valence-corrected chi connectivity index (χ3v) is 4.97. The molecule has 3 N–H and O–H groups in total. The van der Waals surface area contributed by atoms with E-state index in [1.807, 2.05) is 11.8 Å². The number of nitrogens with one attached hydrogen (secondary N) is 1. The zero-order valence-electron chi connectivity index (χ0n) is 10.3. The molecule has 0 radical (unpaired) electrons. The molecule has 0 unspecified atom stereocenters. The van der Waals surface area contributed by atoms with Crippen molar-refractivity contribution in [2.75, 3.05) is 23.9 Å². The Hall–Kier alpha value is -1.43. The minimum atomic E-state index is -0.426. The summed E-state index contributed by atoms with van der Waals surface area (Å²) in [6.45, 7) is 0.748. The maximum absolute atomic E-state index is 11.0. The molecule has 0 saturated heterocycles. The fraction of sp³-hybridized carbons (Fsp3) is 0.500. The summed E-state index contributed by atoms with van der Waals surface area (Å²) < 4.78 is 0.235. The number of hydrogen-bond acceptors (Lipinski definition) is 5. The average Bonchev–Trinajstić information content (AvgIpc) is 2.27. The highest BCUT2D eigenvalue weighted by Crippen LogP contribution is 2.43. The molecule has 0 heterocycles. The molecule has 98 valence electrons. The number of nitro groups is 1. The highest BCUT2D eigenvalue weighted by molar-refractivity contribution is 8.00. The van der Waals surface area contributed by atoms with E-state index in [2.05, 4.69) is 11.6 Å². The van der Waals surface area contributed by atoms with Gasteiger partial charge in [-0.1, -0.05) is 12.5 Å². The van der Waals surface area contributed by atoms with Crippen LogP contribution >= 0.6 is 11.8 Å². The Morgan fingerprint density at radius 3 is 2.78 bits per heavy atom. The zero-order valence-corrected chi connectivity index (χ0v) is 11.1. The predicted molar refractivity (Wildman–Crippen MR) is 76.1 cm³/mol. The smallest absolute Gasteiger partial charge is 0.314 e. The summed E-state index contributed by atoms with van der Waals surface area (Å²) in [7, 11) is 0. The van der Waals surface area contributed by atoms with Crippen LogP contribution in [0.25, 0.3) is 0 Å². The molecule has 1 aromatic carbocycles. The van der Waals surface area contributed by atoms with Crippen LogP contribution in [-0.4, -0.2) is 22.5 Å². The minimum absolute atomic E-state index is 0.0203. The predicted octanol–water partition coefficient (Wildman–Crippen LogP) is 2.87. The molecule has 0 bridgehead atoms. The molecular formula is C12H17N3O2S. The maximum atomic E-state index is 11.0. The normalized spacial score (nSPS) is 16.9. The number of benzene rings is 1. The molecule has 0 aliphatic heterocycles. The van der Waals surface area contributed by atoms with Crippen LogP contribution in [0.15, 0.2) is 18.2 Å². The second-order valence-corrected chi connectivity index (χ2v) is 5.87. The Bertz CT molecular complexity index is 455. The van der Waals surface area contributed by atoms with Gasteiger partial charge in [-0.05, 0) is 31.2 Å². The summed E-state index contributed by atoms with van der Waals surface area (Å²) in [6.07, 6.45) is 5.66. The maximum Gasteiger partial charge on any atom is 0.314 e. The van der Waals surface area contributed by atoms with E-state index >= 15 is 0 Å². The second-order valence-electron chi connectivity index (χ2n) is 4.59. The van der Waals surface area contributed by atoms with E-state index in [4.69, 9.17) is 5.73 Å². The van der Waals surface area contributed by atoms with Gasteiger partial charge in [0, 0.05) is 11.3 Å². The highest BCUT2D eigenvalue weighted by Gasteiger charge is 2.36. The van der Waals surface area contributed by atoms with Crippen molar-refractivity contribution < 1.29 is 4.92 Å². The van der Waals surface area contributed by atoms with Gasteiger partial charge in [0.25, 0.3) is 0 Å². The lowest BCUT2D eigenvalue weighted by atomic mass is 9.84. The summed E-state index contributed by atoms with van der Waals surface area (Å²) in [5, 5.41) is 14.2. The number of hydrogen-bond donors (Lipinski definition) is 2. The van der Waals surface area contributed by atoms with Crippen molar-refractivity contribution in [1.29, 1.82) is 0 Å². The number of para-hydroxylation sites is 1. The lowest BCUT2D eigenvalue weighted by Crippen LogP contribution is -2.40. The van der Waals surface area contributed by atoms with E-state index in [9.17, 15) is 10.1 Å². The molecule has 0 amide bonds. The van der Waals surface area contributed by atoms with Gasteiger partial charge in [-0.3, -0.25) is 10.1 Å². The van der Waals surface area contributed by atoms with Gasteiger partial charge in [0.1, 0.15) is 11.4 Å². The number of nitrogen functional groups attached to an aromatic ring is 1. The fourth-order valence-corrected chi connectivity index (χ4v) is 3.10. The molecular weight excluding hydrogens is 250 g/mol. The van der Waals surface area contributed by atoms with Crippen molar-refractivity contribution >= 4 is 28.8 Å². The monoisotopic (exact) mass is 267 g/mol. The molecule has 5 nitrogen and oxygen atoms in total. The molecule has 18 heavy (non-hydrogen) atoms. The first-order valence-corrected chi connectivity index (χ1v) is 7.12. The van der Waals surface area contributed by atoms with E-state index < -0.39 is 4.92 Å². The van der Waals surface area contributed by atoms with Gasteiger partial charge < -0.3 is 11.1 Å². The molecule has 1 aliphatic rings. The van der Waals surface area contributed by atoms with Crippen LogP contribution in [-0.2, 0) is 0 Å². The van der Waals surface area contributed by atoms with Crippen molar-refractivity contribution in [3.8, 4) is 0 Å². The van der Waals surface area contributed by atoms with Crippen LogP contribution in [0.1, 0.15) is 19.3 Å². The molecule has 0 aromatic heterocycles. The van der Waals surface area contributed by atoms with E-state index in [0.717, 1.165) is 19.4 Å². The van der Waals surface area contributed by atoms with Crippen LogP contribution in [0.4, 0.5) is 17.1 Å². The third-order valence-electron chi connectivity index (χ3n) is 3.55. The molecule has 0 atom stereocenters. The first-order chi connectivity index (χ1) is 8.58. The lowest BCUT2D eigenvalue weighted by molar-refractivity contribution is -0.383. The SMILES string of the molecule is CSC1(CNc2cccc(N)c2[N+](=O)[O-])CCC1. The van der Waals surface area contributed by atoms with Crippen molar-refractivity contribution in [1.82, 2.24) is 0 Å². The Kier molecular flexibility index (Phi) is 3.65. The number of nitrogens with zero attached hydrogens (tertiary/aromatic N) is 1. The zero-order chi connectivity index (χ0) is 13.2. The number of nitro benzene ring substituents is 1. The molecule has 1 aromatic rings. The van der Waals surface area contributed by atoms with E-state index in [0.29, 0.717) is 5.69 Å². The van der Waals surface area contributed by atoms with Crippen molar-refractivity contribution in [2.45, 2.75) is 24.0 Å². The third kappa shape index (κ3) is 2.38. The first kappa shape index (κ1) is 13.0. The van der Waals surface area contributed by atoms with Crippen LogP contribution in [0.2, 0.25) is 0 Å². The standard InChI is InChI=1S/C12H17N3O2S/c1-18-12(6-3-7-12)8-14-10-5-2-4-9(13)11(10)15(16)17/h2,4-5,14H,3,6-8,13H2,1H3. The Morgan fingerprint density at radius 2 is 2.28 bits per heavy atom. The summed E-state index contributed by atoms with van der Waals surface area (Å²) in [6, 6.07) is 5.00. The lowest BCUT2D eigenvalue weighted by Gasteiger charge is -2.40. The van der Waals surface area contributed by atoms with Crippen LogP contribution in [0, 0.1) is 10.1 Å². The molecule has 6 heteroatoms. The second kappa shape index (κ2) is 5.06. The number of nitrogens with two attached hydrogens (primary N) is 1. The Labute approximate surface area is 110 Å². The first-order valence-electron chi connectivity index (χ1n) is 5.90. The topological polar surface area (TPSA) is 81.2 Å². The van der Waals surface area contributed by atoms with E-state index in [1.165, 1.54) is 6.42 Å².